The van der Waals surface area contributed by atoms with E-state index in [1.165, 1.54) is 0 Å². The number of nitrogens with zero attached hydrogens (tertiary/aromatic N) is 1. The van der Waals surface area contributed by atoms with Gasteiger partial charge in [0, 0.05) is 13.1 Å². The van der Waals surface area contributed by atoms with Crippen LogP contribution in [0.15, 0.2) is 22.8 Å². The van der Waals surface area contributed by atoms with Crippen LogP contribution in [0.1, 0.15) is 31.6 Å². The number of amides is 1. The maximum atomic E-state index is 11.9. The van der Waals surface area contributed by atoms with Gasteiger partial charge in [0.1, 0.15) is 5.76 Å². The molecular formula is C14H20N2O3. The summed E-state index contributed by atoms with van der Waals surface area (Å²) in [6.07, 6.45) is 3.86. The summed E-state index contributed by atoms with van der Waals surface area (Å²) >= 11 is 0. The fourth-order valence-corrected chi connectivity index (χ4v) is 2.82. The van der Waals surface area contributed by atoms with Gasteiger partial charge in [0.15, 0.2) is 0 Å². The van der Waals surface area contributed by atoms with Crippen molar-refractivity contribution >= 4 is 5.91 Å². The fourth-order valence-electron chi connectivity index (χ4n) is 2.82. The Hall–Kier alpha value is -1.33. The van der Waals surface area contributed by atoms with Crippen LogP contribution in [0.5, 0.6) is 0 Å². The number of rotatable bonds is 5. The van der Waals surface area contributed by atoms with Crippen molar-refractivity contribution in [1.29, 1.82) is 0 Å². The first-order chi connectivity index (χ1) is 9.07. The van der Waals surface area contributed by atoms with Crippen molar-refractivity contribution in [1.82, 2.24) is 10.2 Å². The van der Waals surface area contributed by atoms with E-state index in [9.17, 15) is 9.90 Å². The number of hydrogen-bond acceptors (Lipinski definition) is 4. The summed E-state index contributed by atoms with van der Waals surface area (Å²) < 4.78 is 5.25. The Labute approximate surface area is 112 Å². The molecular weight excluding hydrogens is 244 g/mol. The molecule has 1 aromatic rings. The fraction of sp³-hybridized carbons (Fsp3) is 0.643. The van der Waals surface area contributed by atoms with Crippen LogP contribution >= 0.6 is 0 Å². The number of furan rings is 1. The molecule has 1 aromatic heterocycles. The molecule has 2 fully saturated rings. The van der Waals surface area contributed by atoms with Gasteiger partial charge in [-0.2, -0.15) is 0 Å². The van der Waals surface area contributed by atoms with Gasteiger partial charge in [-0.15, -0.1) is 0 Å². The number of β-amino-alcohol motifs (C(OH)–C–C–N with tert-alkyl or cyclic N) is 1. The third-order valence-electron chi connectivity index (χ3n) is 4.05. The molecule has 1 atom stereocenters. The minimum Gasteiger partial charge on any atom is -0.467 e. The molecule has 104 valence electrons. The van der Waals surface area contributed by atoms with Crippen LogP contribution in [0.3, 0.4) is 0 Å². The van der Waals surface area contributed by atoms with Crippen LogP contribution in [0.4, 0.5) is 0 Å². The topological polar surface area (TPSA) is 65.7 Å². The molecule has 19 heavy (non-hydrogen) atoms. The summed E-state index contributed by atoms with van der Waals surface area (Å²) in [7, 11) is 0. The highest BCUT2D eigenvalue weighted by molar-refractivity contribution is 5.78. The van der Waals surface area contributed by atoms with E-state index in [1.807, 2.05) is 24.0 Å². The first kappa shape index (κ1) is 12.7. The molecule has 1 saturated carbocycles. The average Bonchev–Trinajstić information content (AvgIpc) is 3.02. The number of hydrogen-bond donors (Lipinski definition) is 2. The van der Waals surface area contributed by atoms with Crippen molar-refractivity contribution in [3.63, 3.8) is 0 Å². The Morgan fingerprint density at radius 3 is 2.95 bits per heavy atom. The highest BCUT2D eigenvalue weighted by Gasteiger charge is 2.51. The number of nitrogens with one attached hydrogen (secondary N) is 1. The van der Waals surface area contributed by atoms with Crippen LogP contribution in [-0.4, -0.2) is 41.1 Å². The number of carbonyl (C=O) groups excluding carboxylic acids is 1. The van der Waals surface area contributed by atoms with E-state index in [1.54, 1.807) is 6.26 Å². The summed E-state index contributed by atoms with van der Waals surface area (Å²) in [5.41, 5.74) is -0.521. The molecule has 3 rings (SSSR count). The van der Waals surface area contributed by atoms with Gasteiger partial charge >= 0.3 is 0 Å². The van der Waals surface area contributed by atoms with Crippen LogP contribution in [0.2, 0.25) is 0 Å². The molecule has 2 N–H and O–H groups in total. The average molecular weight is 264 g/mol. The quantitative estimate of drug-likeness (QED) is 0.830. The second-order valence-electron chi connectivity index (χ2n) is 5.83. The molecule has 2 aliphatic rings. The zero-order chi connectivity index (χ0) is 13.5. The summed E-state index contributed by atoms with van der Waals surface area (Å²) in [6, 6.07) is 3.54. The second-order valence-corrected chi connectivity index (χ2v) is 5.83. The number of likely N-dealkylation sites (tertiary alicyclic amines) is 1. The van der Waals surface area contributed by atoms with E-state index >= 15 is 0 Å². The Balaban J connectivity index is 1.43. The highest BCUT2D eigenvalue weighted by Crippen LogP contribution is 2.44. The van der Waals surface area contributed by atoms with Crippen molar-refractivity contribution in [2.75, 3.05) is 19.6 Å². The Bertz CT molecular complexity index is 447. The molecule has 1 aliphatic carbocycles. The predicted octanol–water partition coefficient (Wildman–Crippen LogP) is 0.913. The van der Waals surface area contributed by atoms with Gasteiger partial charge in [0.2, 0.25) is 5.91 Å². The normalized spacial score (nSPS) is 23.7. The summed E-state index contributed by atoms with van der Waals surface area (Å²) in [6.45, 7) is 3.49. The number of carbonyl (C=O) groups is 1. The van der Waals surface area contributed by atoms with Crippen molar-refractivity contribution in [3.05, 3.63) is 24.2 Å². The highest BCUT2D eigenvalue weighted by atomic mass is 16.3. The van der Waals surface area contributed by atoms with E-state index in [0.29, 0.717) is 25.6 Å². The van der Waals surface area contributed by atoms with Crippen LogP contribution in [-0.2, 0) is 4.79 Å². The van der Waals surface area contributed by atoms with E-state index in [2.05, 4.69) is 5.32 Å². The lowest BCUT2D eigenvalue weighted by Crippen LogP contribution is -2.64. The molecule has 0 bridgehead atoms. The second kappa shape index (κ2) is 4.65. The van der Waals surface area contributed by atoms with Crippen LogP contribution < -0.4 is 5.32 Å². The van der Waals surface area contributed by atoms with Crippen molar-refractivity contribution in [2.24, 2.45) is 5.92 Å². The zero-order valence-electron chi connectivity index (χ0n) is 11.1. The lowest BCUT2D eigenvalue weighted by Gasteiger charge is -2.46. The largest absolute Gasteiger partial charge is 0.467 e. The maximum absolute atomic E-state index is 11.9. The molecule has 2 heterocycles. The van der Waals surface area contributed by atoms with Gasteiger partial charge in [0.05, 0.1) is 24.5 Å². The lowest BCUT2D eigenvalue weighted by molar-refractivity contribution is -0.137. The Morgan fingerprint density at radius 2 is 2.37 bits per heavy atom. The molecule has 1 aliphatic heterocycles. The monoisotopic (exact) mass is 264 g/mol. The third-order valence-corrected chi connectivity index (χ3v) is 4.05. The molecule has 0 aromatic carbocycles. The number of aliphatic hydroxyl groups is 1. The maximum Gasteiger partial charge on any atom is 0.234 e. The Kier molecular flexibility index (Phi) is 3.11. The van der Waals surface area contributed by atoms with Gasteiger partial charge in [0.25, 0.3) is 0 Å². The van der Waals surface area contributed by atoms with Crippen molar-refractivity contribution in [3.8, 4) is 0 Å². The molecule has 1 amide bonds. The summed E-state index contributed by atoms with van der Waals surface area (Å²) in [5.74, 6) is 1.20. The minimum absolute atomic E-state index is 0.0262. The smallest absolute Gasteiger partial charge is 0.234 e. The van der Waals surface area contributed by atoms with Gasteiger partial charge in [-0.1, -0.05) is 0 Å². The van der Waals surface area contributed by atoms with Gasteiger partial charge in [-0.3, -0.25) is 9.69 Å². The molecule has 0 radical (unpaired) electrons. The van der Waals surface area contributed by atoms with Crippen molar-refractivity contribution in [2.45, 2.75) is 31.4 Å². The van der Waals surface area contributed by atoms with E-state index < -0.39 is 5.60 Å². The molecule has 1 saturated heterocycles. The predicted molar refractivity (Wildman–Crippen MR) is 69.4 cm³/mol. The van der Waals surface area contributed by atoms with Gasteiger partial charge < -0.3 is 14.8 Å². The van der Waals surface area contributed by atoms with Gasteiger partial charge in [-0.05, 0) is 37.8 Å². The standard InChI is InChI=1S/C14H20N2O3/c1-10(12-3-2-6-19-12)15-13(17)7-16-8-14(18,9-16)11-4-5-11/h2-3,6,10-11,18H,4-5,7-9H2,1H3,(H,15,17). The Morgan fingerprint density at radius 1 is 1.63 bits per heavy atom. The first-order valence-electron chi connectivity index (χ1n) is 6.84. The van der Waals surface area contributed by atoms with E-state index in [0.717, 1.165) is 18.6 Å². The molecule has 5 nitrogen and oxygen atoms in total. The molecule has 5 heteroatoms. The molecule has 1 unspecified atom stereocenters. The first-order valence-corrected chi connectivity index (χ1v) is 6.84. The lowest BCUT2D eigenvalue weighted by atomic mass is 9.89. The minimum atomic E-state index is -0.521. The van der Waals surface area contributed by atoms with Crippen LogP contribution in [0, 0.1) is 5.92 Å². The summed E-state index contributed by atoms with van der Waals surface area (Å²) in [4.78, 5) is 13.9. The van der Waals surface area contributed by atoms with E-state index in [-0.39, 0.29) is 11.9 Å². The SMILES string of the molecule is CC(NC(=O)CN1CC(O)(C2CC2)C1)c1ccco1. The zero-order valence-corrected chi connectivity index (χ0v) is 11.1. The van der Waals surface area contributed by atoms with Crippen molar-refractivity contribution < 1.29 is 14.3 Å². The summed E-state index contributed by atoms with van der Waals surface area (Å²) in [5, 5.41) is 13.1. The van der Waals surface area contributed by atoms with E-state index in [4.69, 9.17) is 4.42 Å². The molecule has 0 spiro atoms. The van der Waals surface area contributed by atoms with Crippen LogP contribution in [0.25, 0.3) is 0 Å². The van der Waals surface area contributed by atoms with Gasteiger partial charge in [-0.25, -0.2) is 0 Å². The third kappa shape index (κ3) is 2.67.